The summed E-state index contributed by atoms with van der Waals surface area (Å²) in [4.78, 5) is 17.4. The van der Waals surface area contributed by atoms with E-state index in [4.69, 9.17) is 11.6 Å². The molecule has 8 nitrogen and oxygen atoms in total. The number of halogens is 2. The summed E-state index contributed by atoms with van der Waals surface area (Å²) in [6.45, 7) is 2.90. The van der Waals surface area contributed by atoms with Crippen molar-refractivity contribution >= 4 is 44.2 Å². The molecule has 22 heavy (non-hydrogen) atoms. The van der Waals surface area contributed by atoms with E-state index >= 15 is 0 Å². The summed E-state index contributed by atoms with van der Waals surface area (Å²) >= 11 is 5.82. The van der Waals surface area contributed by atoms with E-state index in [9.17, 15) is 22.9 Å². The highest BCUT2D eigenvalue weighted by Crippen LogP contribution is 2.27. The van der Waals surface area contributed by atoms with Gasteiger partial charge in [0, 0.05) is 12.1 Å². The van der Waals surface area contributed by atoms with Gasteiger partial charge < -0.3 is 0 Å². The van der Waals surface area contributed by atoms with Gasteiger partial charge >= 0.3 is 5.69 Å². The van der Waals surface area contributed by atoms with Crippen molar-refractivity contribution in [1.82, 2.24) is 9.97 Å². The van der Waals surface area contributed by atoms with Crippen molar-refractivity contribution in [2.24, 2.45) is 0 Å². The van der Waals surface area contributed by atoms with Gasteiger partial charge in [0.15, 0.2) is 11.0 Å². The summed E-state index contributed by atoms with van der Waals surface area (Å²) in [6.07, 6.45) is 0. The first kappa shape index (κ1) is 16.3. The number of hydrogen-bond acceptors (Lipinski definition) is 6. The van der Waals surface area contributed by atoms with E-state index in [-0.39, 0.29) is 22.0 Å². The highest BCUT2D eigenvalue weighted by molar-refractivity contribution is 7.93. The monoisotopic (exact) mass is 348 g/mol. The van der Waals surface area contributed by atoms with Gasteiger partial charge in [-0.3, -0.25) is 14.8 Å². The first-order chi connectivity index (χ1) is 10.1. The third-order valence-corrected chi connectivity index (χ3v) is 4.73. The number of hydrogen-bond donors (Lipinski definition) is 1. The number of nitro groups is 1. The van der Waals surface area contributed by atoms with Crippen molar-refractivity contribution in [3.8, 4) is 0 Å². The zero-order valence-corrected chi connectivity index (χ0v) is 12.9. The molecule has 0 bridgehead atoms. The maximum absolute atomic E-state index is 13.6. The van der Waals surface area contributed by atoms with Crippen molar-refractivity contribution in [1.29, 1.82) is 0 Å². The van der Waals surface area contributed by atoms with Crippen LogP contribution in [-0.2, 0) is 10.0 Å². The van der Waals surface area contributed by atoms with Crippen molar-refractivity contribution in [3.63, 3.8) is 0 Å². The molecule has 0 spiro atoms. The molecule has 0 fully saturated rings. The zero-order valence-electron chi connectivity index (χ0n) is 11.4. The van der Waals surface area contributed by atoms with Gasteiger partial charge in [0.2, 0.25) is 15.8 Å². The number of nitrogens with one attached hydrogen (secondary N) is 1. The average Bonchev–Trinajstić information content (AvgIpc) is 2.38. The quantitative estimate of drug-likeness (QED) is 0.670. The molecule has 11 heteroatoms. The third kappa shape index (κ3) is 3.07. The lowest BCUT2D eigenvalue weighted by Gasteiger charge is -2.11. The Morgan fingerprint density at radius 1 is 1.32 bits per heavy atom. The van der Waals surface area contributed by atoms with Crippen molar-refractivity contribution < 1.29 is 17.7 Å². The minimum Gasteiger partial charge on any atom is -0.265 e. The Bertz CT molecular complexity index is 872. The number of aromatic nitrogens is 2. The summed E-state index contributed by atoms with van der Waals surface area (Å²) in [6, 6.07) is 1.67. The number of nitro benzene ring substituents is 1. The molecular weight excluding hydrogens is 339 g/mol. The molecule has 1 aromatic heterocycles. The van der Waals surface area contributed by atoms with Crippen LogP contribution in [0.1, 0.15) is 13.8 Å². The maximum Gasteiger partial charge on any atom is 0.307 e. The lowest BCUT2D eigenvalue weighted by atomic mass is 10.2. The molecule has 1 heterocycles. The molecule has 2 rings (SSSR count). The van der Waals surface area contributed by atoms with E-state index in [1.54, 1.807) is 0 Å². The third-order valence-electron chi connectivity index (χ3n) is 2.75. The molecule has 0 aliphatic carbocycles. The average molecular weight is 349 g/mol. The predicted molar refractivity (Wildman–Crippen MR) is 78.8 cm³/mol. The van der Waals surface area contributed by atoms with Gasteiger partial charge in [-0.25, -0.2) is 18.4 Å². The van der Waals surface area contributed by atoms with Gasteiger partial charge in [-0.05, 0) is 13.8 Å². The van der Waals surface area contributed by atoms with Crippen LogP contribution in [-0.4, -0.2) is 28.6 Å². The zero-order chi connectivity index (χ0) is 16.7. The van der Waals surface area contributed by atoms with Crippen LogP contribution >= 0.6 is 11.6 Å². The van der Waals surface area contributed by atoms with Crippen LogP contribution in [0.4, 0.5) is 15.9 Å². The standard InChI is InChI=1S/C11H10ClFN4O4S/c1-5(2)22(20,21)16-11-10(12)14-8-4-9(17(18)19)6(13)3-7(8)15-11/h3-5H,1-2H3,(H,15,16). The highest BCUT2D eigenvalue weighted by atomic mass is 35.5. The number of benzene rings is 1. The SMILES string of the molecule is CC(C)S(=O)(=O)Nc1nc2cc(F)c([N+](=O)[O-])cc2nc1Cl. The normalized spacial score (nSPS) is 11.9. The molecule has 1 N–H and O–H groups in total. The lowest BCUT2D eigenvalue weighted by molar-refractivity contribution is -0.387. The van der Waals surface area contributed by atoms with Gasteiger partial charge in [0.25, 0.3) is 0 Å². The molecule has 0 unspecified atom stereocenters. The number of fused-ring (bicyclic) bond motifs is 1. The Morgan fingerprint density at radius 2 is 1.91 bits per heavy atom. The van der Waals surface area contributed by atoms with E-state index in [2.05, 4.69) is 14.7 Å². The molecule has 0 amide bonds. The Balaban J connectivity index is 2.59. The molecule has 2 aromatic rings. The largest absolute Gasteiger partial charge is 0.307 e. The van der Waals surface area contributed by atoms with Crippen molar-refractivity contribution in [3.05, 3.63) is 33.2 Å². The van der Waals surface area contributed by atoms with Crippen LogP contribution in [0.5, 0.6) is 0 Å². The fourth-order valence-electron chi connectivity index (χ4n) is 1.50. The van der Waals surface area contributed by atoms with E-state index < -0.39 is 31.7 Å². The Hall–Kier alpha value is -2.07. The van der Waals surface area contributed by atoms with E-state index in [1.807, 2.05) is 0 Å². The summed E-state index contributed by atoms with van der Waals surface area (Å²) < 4.78 is 39.3. The summed E-state index contributed by atoms with van der Waals surface area (Å²) in [5.74, 6) is -1.37. The number of rotatable bonds is 4. The van der Waals surface area contributed by atoms with Gasteiger partial charge in [0.05, 0.1) is 21.2 Å². The second-order valence-electron chi connectivity index (χ2n) is 4.61. The van der Waals surface area contributed by atoms with Crippen LogP contribution in [0.25, 0.3) is 11.0 Å². The molecule has 0 atom stereocenters. The van der Waals surface area contributed by atoms with Crippen LogP contribution in [0, 0.1) is 15.9 Å². The lowest BCUT2D eigenvalue weighted by Crippen LogP contribution is -2.23. The fourth-order valence-corrected chi connectivity index (χ4v) is 2.39. The molecule has 1 aromatic carbocycles. The first-order valence-electron chi connectivity index (χ1n) is 5.94. The van der Waals surface area contributed by atoms with Gasteiger partial charge in [0.1, 0.15) is 0 Å². The number of nitrogens with zero attached hydrogens (tertiary/aromatic N) is 3. The van der Waals surface area contributed by atoms with Crippen molar-refractivity contribution in [2.75, 3.05) is 4.72 Å². The molecule has 0 saturated heterocycles. The summed E-state index contributed by atoms with van der Waals surface area (Å²) in [7, 11) is -3.71. The molecule has 0 aliphatic rings. The Kier molecular flexibility index (Phi) is 4.16. The Labute approximate surface area is 129 Å². The molecule has 118 valence electrons. The van der Waals surface area contributed by atoms with E-state index in [0.29, 0.717) is 0 Å². The number of sulfonamides is 1. The van der Waals surface area contributed by atoms with E-state index in [1.165, 1.54) is 13.8 Å². The van der Waals surface area contributed by atoms with Gasteiger partial charge in [-0.1, -0.05) is 11.6 Å². The smallest absolute Gasteiger partial charge is 0.265 e. The van der Waals surface area contributed by atoms with Gasteiger partial charge in [-0.15, -0.1) is 0 Å². The highest BCUT2D eigenvalue weighted by Gasteiger charge is 2.21. The topological polar surface area (TPSA) is 115 Å². The van der Waals surface area contributed by atoms with Crippen LogP contribution < -0.4 is 4.72 Å². The maximum atomic E-state index is 13.6. The minimum absolute atomic E-state index is 0.0226. The van der Waals surface area contributed by atoms with Crippen LogP contribution in [0.3, 0.4) is 0 Å². The Morgan fingerprint density at radius 3 is 2.45 bits per heavy atom. The second kappa shape index (κ2) is 5.61. The van der Waals surface area contributed by atoms with Crippen LogP contribution in [0.2, 0.25) is 5.15 Å². The number of anilines is 1. The van der Waals surface area contributed by atoms with Gasteiger partial charge in [-0.2, -0.15) is 4.39 Å². The second-order valence-corrected chi connectivity index (χ2v) is 7.20. The van der Waals surface area contributed by atoms with Crippen molar-refractivity contribution in [2.45, 2.75) is 19.1 Å². The summed E-state index contributed by atoms with van der Waals surface area (Å²) in [5, 5.41) is 9.64. The molecule has 0 radical (unpaired) electrons. The molecule has 0 saturated carbocycles. The first-order valence-corrected chi connectivity index (χ1v) is 7.87. The molecular formula is C11H10ClFN4O4S. The predicted octanol–water partition coefficient (Wildman–Crippen LogP) is 2.48. The summed E-state index contributed by atoms with van der Waals surface area (Å²) in [5.41, 5.74) is -0.854. The van der Waals surface area contributed by atoms with E-state index in [0.717, 1.165) is 12.1 Å². The van der Waals surface area contributed by atoms with Crippen LogP contribution in [0.15, 0.2) is 12.1 Å². The fraction of sp³-hybridized carbons (Fsp3) is 0.273. The molecule has 0 aliphatic heterocycles. The minimum atomic E-state index is -3.71.